The Morgan fingerprint density at radius 2 is 1.80 bits per heavy atom. The van der Waals surface area contributed by atoms with Gasteiger partial charge in [0.2, 0.25) is 10.0 Å². The lowest BCUT2D eigenvalue weighted by Crippen LogP contribution is -2.48. The quantitative estimate of drug-likeness (QED) is 0.799. The summed E-state index contributed by atoms with van der Waals surface area (Å²) in [6.07, 6.45) is 1.31. The van der Waals surface area contributed by atoms with Gasteiger partial charge in [0.25, 0.3) is 0 Å². The molecule has 1 N–H and O–H groups in total. The van der Waals surface area contributed by atoms with Gasteiger partial charge in [-0.05, 0) is 43.0 Å². The molecule has 0 aliphatic carbocycles. The van der Waals surface area contributed by atoms with Gasteiger partial charge < -0.3 is 5.11 Å². The van der Waals surface area contributed by atoms with E-state index in [0.717, 1.165) is 5.56 Å². The Balaban J connectivity index is 2.04. The Hall–Kier alpha value is -1.44. The van der Waals surface area contributed by atoms with Crippen molar-refractivity contribution in [2.75, 3.05) is 26.2 Å². The Bertz CT molecular complexity index is 678. The molecule has 2 rings (SSSR count). The van der Waals surface area contributed by atoms with Crippen LogP contribution >= 0.6 is 0 Å². The SMILES string of the molecule is CCN(CC(=O)O)C1CCN(S(=O)(=O)c2ccc(C(C)C)cc2)CC1. The van der Waals surface area contributed by atoms with Gasteiger partial charge in [-0.15, -0.1) is 0 Å². The zero-order valence-electron chi connectivity index (χ0n) is 15.2. The minimum atomic E-state index is -3.48. The van der Waals surface area contributed by atoms with Crippen LogP contribution in [0.1, 0.15) is 45.1 Å². The highest BCUT2D eigenvalue weighted by Crippen LogP contribution is 2.24. The summed E-state index contributed by atoms with van der Waals surface area (Å²) in [6, 6.07) is 7.22. The normalized spacial score (nSPS) is 17.3. The smallest absolute Gasteiger partial charge is 0.317 e. The second kappa shape index (κ2) is 8.29. The molecule has 0 radical (unpaired) electrons. The van der Waals surface area contributed by atoms with E-state index in [9.17, 15) is 13.2 Å². The van der Waals surface area contributed by atoms with Crippen molar-refractivity contribution >= 4 is 16.0 Å². The molecule has 1 fully saturated rings. The molecule has 0 bridgehead atoms. The van der Waals surface area contributed by atoms with Crippen molar-refractivity contribution in [3.8, 4) is 0 Å². The van der Waals surface area contributed by atoms with E-state index in [4.69, 9.17) is 5.11 Å². The number of rotatable bonds is 7. The standard InChI is InChI=1S/C18H28N2O4S/c1-4-19(13-18(21)22)16-9-11-20(12-10-16)25(23,24)17-7-5-15(6-8-17)14(2)3/h5-8,14,16H,4,9-13H2,1-3H3,(H,21,22). The van der Waals surface area contributed by atoms with Gasteiger partial charge in [-0.25, -0.2) is 8.42 Å². The molecule has 0 unspecified atom stereocenters. The molecule has 0 saturated carbocycles. The minimum Gasteiger partial charge on any atom is -0.480 e. The van der Waals surface area contributed by atoms with Crippen LogP contribution in [0.5, 0.6) is 0 Å². The van der Waals surface area contributed by atoms with E-state index in [1.165, 1.54) is 4.31 Å². The number of hydrogen-bond acceptors (Lipinski definition) is 4. The number of sulfonamides is 1. The molecule has 7 heteroatoms. The third-order valence-corrected chi connectivity index (χ3v) is 6.78. The zero-order chi connectivity index (χ0) is 18.6. The lowest BCUT2D eigenvalue weighted by atomic mass is 10.0. The Morgan fingerprint density at radius 1 is 1.24 bits per heavy atom. The van der Waals surface area contributed by atoms with Gasteiger partial charge in [0.15, 0.2) is 0 Å². The highest BCUT2D eigenvalue weighted by atomic mass is 32.2. The molecule has 1 aliphatic rings. The maximum atomic E-state index is 12.8. The van der Waals surface area contributed by atoms with Crippen molar-refractivity contribution in [3.63, 3.8) is 0 Å². The number of hydrogen-bond donors (Lipinski definition) is 1. The zero-order valence-corrected chi connectivity index (χ0v) is 16.0. The molecular formula is C18H28N2O4S. The topological polar surface area (TPSA) is 77.9 Å². The second-order valence-electron chi connectivity index (χ2n) is 6.82. The molecular weight excluding hydrogens is 340 g/mol. The first-order valence-electron chi connectivity index (χ1n) is 8.81. The van der Waals surface area contributed by atoms with Crippen molar-refractivity contribution in [2.45, 2.75) is 50.5 Å². The van der Waals surface area contributed by atoms with Crippen LogP contribution in [0.2, 0.25) is 0 Å². The summed E-state index contributed by atoms with van der Waals surface area (Å²) in [7, 11) is -3.48. The fourth-order valence-electron chi connectivity index (χ4n) is 3.29. The second-order valence-corrected chi connectivity index (χ2v) is 8.75. The number of piperidine rings is 1. The molecule has 1 saturated heterocycles. The Kier molecular flexibility index (Phi) is 6.59. The predicted molar refractivity (Wildman–Crippen MR) is 97.2 cm³/mol. The summed E-state index contributed by atoms with van der Waals surface area (Å²) < 4.78 is 27.1. The van der Waals surface area contributed by atoms with E-state index in [1.807, 2.05) is 24.0 Å². The number of nitrogens with zero attached hydrogens (tertiary/aromatic N) is 2. The Labute approximate surface area is 150 Å². The lowest BCUT2D eigenvalue weighted by Gasteiger charge is -2.36. The monoisotopic (exact) mass is 368 g/mol. The number of carboxylic acid groups (broad SMARTS) is 1. The number of benzene rings is 1. The van der Waals surface area contributed by atoms with Gasteiger partial charge in [0.05, 0.1) is 11.4 Å². The number of likely N-dealkylation sites (N-methyl/N-ethyl adjacent to an activating group) is 1. The fraction of sp³-hybridized carbons (Fsp3) is 0.611. The summed E-state index contributed by atoms with van der Waals surface area (Å²) in [5.41, 5.74) is 1.12. The molecule has 1 heterocycles. The van der Waals surface area contributed by atoms with E-state index in [1.54, 1.807) is 12.1 Å². The van der Waals surface area contributed by atoms with Crippen LogP contribution in [0.15, 0.2) is 29.2 Å². The predicted octanol–water partition coefficient (Wildman–Crippen LogP) is 2.37. The molecule has 0 spiro atoms. The van der Waals surface area contributed by atoms with E-state index in [2.05, 4.69) is 13.8 Å². The minimum absolute atomic E-state index is 0.00454. The number of carbonyl (C=O) groups is 1. The van der Waals surface area contributed by atoms with E-state index in [0.29, 0.717) is 43.3 Å². The van der Waals surface area contributed by atoms with Crippen molar-refractivity contribution in [2.24, 2.45) is 0 Å². The van der Waals surface area contributed by atoms with Crippen molar-refractivity contribution < 1.29 is 18.3 Å². The first-order valence-corrected chi connectivity index (χ1v) is 10.3. The first-order chi connectivity index (χ1) is 11.8. The van der Waals surface area contributed by atoms with Gasteiger partial charge in [-0.2, -0.15) is 4.31 Å². The van der Waals surface area contributed by atoms with Crippen LogP contribution in [0.25, 0.3) is 0 Å². The van der Waals surface area contributed by atoms with Gasteiger partial charge in [0, 0.05) is 19.1 Å². The maximum absolute atomic E-state index is 12.8. The van der Waals surface area contributed by atoms with Crippen LogP contribution in [-0.2, 0) is 14.8 Å². The molecule has 0 atom stereocenters. The maximum Gasteiger partial charge on any atom is 0.317 e. The molecule has 1 aromatic carbocycles. The van der Waals surface area contributed by atoms with E-state index in [-0.39, 0.29) is 12.6 Å². The van der Waals surface area contributed by atoms with Crippen molar-refractivity contribution in [3.05, 3.63) is 29.8 Å². The van der Waals surface area contributed by atoms with Gasteiger partial charge in [0.1, 0.15) is 0 Å². The fourth-order valence-corrected chi connectivity index (χ4v) is 4.76. The Morgan fingerprint density at radius 3 is 2.24 bits per heavy atom. The van der Waals surface area contributed by atoms with Crippen LogP contribution in [0.4, 0.5) is 0 Å². The summed E-state index contributed by atoms with van der Waals surface area (Å²) in [5, 5.41) is 8.99. The van der Waals surface area contributed by atoms with Crippen LogP contribution in [0, 0.1) is 0 Å². The van der Waals surface area contributed by atoms with Gasteiger partial charge >= 0.3 is 5.97 Å². The van der Waals surface area contributed by atoms with Crippen LogP contribution in [0.3, 0.4) is 0 Å². The van der Waals surface area contributed by atoms with Gasteiger partial charge in [-0.1, -0.05) is 32.9 Å². The molecule has 1 aromatic rings. The largest absolute Gasteiger partial charge is 0.480 e. The molecule has 0 aromatic heterocycles. The number of carboxylic acids is 1. The third-order valence-electron chi connectivity index (χ3n) is 4.87. The molecule has 1 aliphatic heterocycles. The molecule has 25 heavy (non-hydrogen) atoms. The lowest BCUT2D eigenvalue weighted by molar-refractivity contribution is -0.139. The average molecular weight is 368 g/mol. The van der Waals surface area contributed by atoms with Crippen molar-refractivity contribution in [1.29, 1.82) is 0 Å². The van der Waals surface area contributed by atoms with E-state index >= 15 is 0 Å². The van der Waals surface area contributed by atoms with Gasteiger partial charge in [-0.3, -0.25) is 9.69 Å². The van der Waals surface area contributed by atoms with Crippen molar-refractivity contribution in [1.82, 2.24) is 9.21 Å². The summed E-state index contributed by atoms with van der Waals surface area (Å²) in [6.45, 7) is 7.59. The molecule has 0 amide bonds. The molecule has 6 nitrogen and oxygen atoms in total. The summed E-state index contributed by atoms with van der Waals surface area (Å²) in [5.74, 6) is -0.482. The van der Waals surface area contributed by atoms with E-state index < -0.39 is 16.0 Å². The average Bonchev–Trinajstić information content (AvgIpc) is 2.59. The first kappa shape index (κ1) is 19.9. The van der Waals surface area contributed by atoms with Crippen LogP contribution in [-0.4, -0.2) is 60.9 Å². The summed E-state index contributed by atoms with van der Waals surface area (Å²) >= 11 is 0. The van der Waals surface area contributed by atoms with Crippen LogP contribution < -0.4 is 0 Å². The number of aliphatic carboxylic acids is 1. The third kappa shape index (κ3) is 4.80. The highest BCUT2D eigenvalue weighted by molar-refractivity contribution is 7.89. The summed E-state index contributed by atoms with van der Waals surface area (Å²) in [4.78, 5) is 13.2. The molecule has 140 valence electrons. The highest BCUT2D eigenvalue weighted by Gasteiger charge is 2.31.